The Morgan fingerprint density at radius 2 is 1.97 bits per heavy atom. The van der Waals surface area contributed by atoms with Crippen molar-refractivity contribution in [2.24, 2.45) is 5.92 Å². The van der Waals surface area contributed by atoms with Gasteiger partial charge in [0.05, 0.1) is 23.3 Å². The summed E-state index contributed by atoms with van der Waals surface area (Å²) in [6.45, 7) is 13.9. The van der Waals surface area contributed by atoms with Crippen molar-refractivity contribution in [3.8, 4) is 24.0 Å². The van der Waals surface area contributed by atoms with E-state index in [-0.39, 0.29) is 12.3 Å². The van der Waals surface area contributed by atoms with E-state index in [1.54, 1.807) is 36.8 Å². The minimum Gasteiger partial charge on any atom is -0.398 e. The summed E-state index contributed by atoms with van der Waals surface area (Å²) in [6.07, 6.45) is 16.8. The molecule has 0 aliphatic carbocycles. The number of pyridine rings is 2. The number of terminal acetylenes is 1. The fourth-order valence-electron chi connectivity index (χ4n) is 3.99. The van der Waals surface area contributed by atoms with Crippen LogP contribution in [0, 0.1) is 31.5 Å². The zero-order chi connectivity index (χ0) is 28.5. The molecule has 1 aromatic carbocycles. The highest BCUT2D eigenvalue weighted by molar-refractivity contribution is 5.78. The monoisotopic (exact) mass is 520 g/mol. The molecule has 0 saturated heterocycles. The van der Waals surface area contributed by atoms with Crippen LogP contribution in [-0.4, -0.2) is 19.9 Å². The maximum Gasteiger partial charge on any atom is 0.136 e. The summed E-state index contributed by atoms with van der Waals surface area (Å²) in [6, 6.07) is 10.9. The van der Waals surface area contributed by atoms with E-state index in [1.165, 1.54) is 0 Å². The molecule has 0 aliphatic heterocycles. The molecule has 0 bridgehead atoms. The predicted molar refractivity (Wildman–Crippen MR) is 159 cm³/mol. The number of nitrogens with zero attached hydrogens (tertiary/aromatic N) is 3. The summed E-state index contributed by atoms with van der Waals surface area (Å²) in [4.78, 5) is 16.8. The van der Waals surface area contributed by atoms with E-state index in [1.807, 2.05) is 51.1 Å². The fraction of sp³-hybridized carbons (Fsp3) is 0.156. The molecule has 0 amide bonds. The first-order valence-corrected chi connectivity index (χ1v) is 12.4. The Hall–Kier alpha value is -4.96. The fourth-order valence-corrected chi connectivity index (χ4v) is 3.99. The lowest BCUT2D eigenvalue weighted by atomic mass is 9.99. The average Bonchev–Trinajstić information content (AvgIpc) is 3.30. The molecule has 0 fully saturated rings. The zero-order valence-electron chi connectivity index (χ0n) is 22.5. The van der Waals surface area contributed by atoms with Gasteiger partial charge in [-0.25, -0.2) is 9.37 Å². The van der Waals surface area contributed by atoms with Crippen molar-refractivity contribution in [2.45, 2.75) is 27.2 Å². The van der Waals surface area contributed by atoms with Gasteiger partial charge in [-0.15, -0.1) is 12.8 Å². The number of anilines is 2. The third kappa shape index (κ3) is 6.68. The first kappa shape index (κ1) is 28.6. The van der Waals surface area contributed by atoms with Crippen molar-refractivity contribution in [1.82, 2.24) is 19.9 Å². The minimum atomic E-state index is -0.399. The Morgan fingerprint density at radius 3 is 2.64 bits per heavy atom. The largest absolute Gasteiger partial charge is 0.398 e. The Bertz CT molecular complexity index is 1510. The quantitative estimate of drug-likeness (QED) is 0.126. The number of H-pyrrole nitrogens is 1. The molecule has 0 spiro atoms. The van der Waals surface area contributed by atoms with E-state index >= 15 is 4.39 Å². The smallest absolute Gasteiger partial charge is 0.136 e. The molecule has 7 heteroatoms. The van der Waals surface area contributed by atoms with Crippen LogP contribution in [0.4, 0.5) is 15.8 Å². The SMILES string of the molecule is C#C.C=C/C=C(/c1ccccn1)c1nc(Cc2c(N)ccc(-c3cncc(NC(=C)C(C)C)c3)c2F)[nH]c1C. The number of nitrogen functional groups attached to an aromatic ring is 1. The van der Waals surface area contributed by atoms with Gasteiger partial charge in [0.2, 0.25) is 0 Å². The molecule has 3 heterocycles. The first-order chi connectivity index (χ1) is 18.8. The number of aromatic amines is 1. The van der Waals surface area contributed by atoms with Crippen LogP contribution in [0.2, 0.25) is 0 Å². The second-order valence-corrected chi connectivity index (χ2v) is 9.13. The maximum absolute atomic E-state index is 15.9. The van der Waals surface area contributed by atoms with E-state index in [2.05, 4.69) is 46.3 Å². The van der Waals surface area contributed by atoms with Crippen LogP contribution in [0.5, 0.6) is 0 Å². The second kappa shape index (κ2) is 13.0. The van der Waals surface area contributed by atoms with Crippen LogP contribution in [0.3, 0.4) is 0 Å². The van der Waals surface area contributed by atoms with Crippen molar-refractivity contribution >= 4 is 16.9 Å². The van der Waals surface area contributed by atoms with Crippen LogP contribution >= 0.6 is 0 Å². The Morgan fingerprint density at radius 1 is 1.21 bits per heavy atom. The molecular weight excluding hydrogens is 487 g/mol. The van der Waals surface area contributed by atoms with Gasteiger partial charge in [0.15, 0.2) is 0 Å². The number of hydrogen-bond acceptors (Lipinski definition) is 5. The molecule has 6 nitrogen and oxygen atoms in total. The molecule has 0 saturated carbocycles. The molecule has 0 radical (unpaired) electrons. The van der Waals surface area contributed by atoms with E-state index < -0.39 is 5.82 Å². The van der Waals surface area contributed by atoms with Gasteiger partial charge >= 0.3 is 0 Å². The zero-order valence-corrected chi connectivity index (χ0v) is 22.5. The van der Waals surface area contributed by atoms with Crippen molar-refractivity contribution < 1.29 is 4.39 Å². The van der Waals surface area contributed by atoms with E-state index in [0.29, 0.717) is 28.2 Å². The third-order valence-electron chi connectivity index (χ3n) is 6.09. The number of halogens is 1. The molecule has 3 aromatic heterocycles. The number of rotatable bonds is 9. The number of hydrogen-bond donors (Lipinski definition) is 3. The lowest BCUT2D eigenvalue weighted by Crippen LogP contribution is -2.05. The van der Waals surface area contributed by atoms with Gasteiger partial charge in [0.1, 0.15) is 11.6 Å². The number of aromatic nitrogens is 4. The Labute approximate surface area is 229 Å². The molecule has 4 aromatic rings. The standard InChI is InChI=1S/C30H31FN6.C2H2/c1-6-9-24(27-10-7-8-13-34-27)30-20(5)36-28(37-30)15-25-26(32)12-11-23(29(25)31)21-14-22(17-33-16-21)35-19(4)18(2)3;1-2/h6-14,16-18,35H,1,4,15,32H2,2-3,5H3,(H,36,37);1-2H/b24-9-;. The Balaban J connectivity index is 0.00000205. The highest BCUT2D eigenvalue weighted by atomic mass is 19.1. The molecule has 0 atom stereocenters. The summed E-state index contributed by atoms with van der Waals surface area (Å²) in [5.41, 5.74) is 12.8. The van der Waals surface area contributed by atoms with Crippen LogP contribution in [0.15, 0.2) is 86.0 Å². The van der Waals surface area contributed by atoms with Gasteiger partial charge < -0.3 is 16.0 Å². The van der Waals surface area contributed by atoms with Crippen molar-refractivity contribution in [1.29, 1.82) is 0 Å². The van der Waals surface area contributed by atoms with Crippen LogP contribution in [0.25, 0.3) is 16.7 Å². The summed E-state index contributed by atoms with van der Waals surface area (Å²) in [5, 5.41) is 3.24. The summed E-state index contributed by atoms with van der Waals surface area (Å²) < 4.78 is 15.9. The number of nitrogens with one attached hydrogen (secondary N) is 2. The van der Waals surface area contributed by atoms with Gasteiger partial charge in [-0.05, 0) is 43.2 Å². The molecule has 0 unspecified atom stereocenters. The van der Waals surface area contributed by atoms with Crippen molar-refractivity contribution in [3.05, 3.63) is 120 Å². The minimum absolute atomic E-state index is 0.200. The Kier molecular flexibility index (Phi) is 9.55. The lowest BCUT2D eigenvalue weighted by molar-refractivity contribution is 0.617. The summed E-state index contributed by atoms with van der Waals surface area (Å²) >= 11 is 0. The van der Waals surface area contributed by atoms with Gasteiger partial charge in [0.25, 0.3) is 0 Å². The third-order valence-corrected chi connectivity index (χ3v) is 6.09. The molecular formula is C32H33FN6. The number of allylic oxidation sites excluding steroid dienone is 3. The van der Waals surface area contributed by atoms with Crippen LogP contribution < -0.4 is 11.1 Å². The van der Waals surface area contributed by atoms with Crippen LogP contribution in [-0.2, 0) is 6.42 Å². The summed E-state index contributed by atoms with van der Waals surface area (Å²) in [7, 11) is 0. The van der Waals surface area contributed by atoms with Gasteiger partial charge in [0, 0.05) is 58.2 Å². The van der Waals surface area contributed by atoms with Crippen molar-refractivity contribution in [2.75, 3.05) is 11.1 Å². The summed E-state index contributed by atoms with van der Waals surface area (Å²) in [5.74, 6) is 0.455. The van der Waals surface area contributed by atoms with Gasteiger partial charge in [-0.2, -0.15) is 0 Å². The number of benzene rings is 1. The average molecular weight is 521 g/mol. The van der Waals surface area contributed by atoms with Crippen molar-refractivity contribution in [3.63, 3.8) is 0 Å². The second-order valence-electron chi connectivity index (χ2n) is 9.13. The highest BCUT2D eigenvalue weighted by Crippen LogP contribution is 2.32. The number of aryl methyl sites for hydroxylation is 1. The molecule has 4 N–H and O–H groups in total. The lowest BCUT2D eigenvalue weighted by Gasteiger charge is -2.14. The molecule has 4 rings (SSSR count). The predicted octanol–water partition coefficient (Wildman–Crippen LogP) is 6.94. The van der Waals surface area contributed by atoms with Crippen LogP contribution in [0.1, 0.15) is 42.3 Å². The maximum atomic E-state index is 15.9. The molecule has 0 aliphatic rings. The highest BCUT2D eigenvalue weighted by Gasteiger charge is 2.19. The topological polar surface area (TPSA) is 92.5 Å². The van der Waals surface area contributed by atoms with Gasteiger partial charge in [-0.3, -0.25) is 9.97 Å². The molecule has 198 valence electrons. The van der Waals surface area contributed by atoms with Gasteiger partial charge in [-0.1, -0.05) is 45.2 Å². The molecule has 39 heavy (non-hydrogen) atoms. The first-order valence-electron chi connectivity index (χ1n) is 12.4. The normalized spacial score (nSPS) is 11.0. The van der Waals surface area contributed by atoms with E-state index in [4.69, 9.17) is 10.7 Å². The van der Waals surface area contributed by atoms with E-state index in [0.717, 1.165) is 34.0 Å². The van der Waals surface area contributed by atoms with E-state index in [9.17, 15) is 0 Å². The number of imidazole rings is 1. The number of nitrogens with two attached hydrogens (primary N) is 1.